The molecule has 30 heavy (non-hydrogen) atoms. The number of carbonyl (C=O) groups excluding carboxylic acids is 2. The molecular formula is C23H27NO6. The molecule has 0 bridgehead atoms. The molecule has 7 nitrogen and oxygen atoms in total. The van der Waals surface area contributed by atoms with Crippen LogP contribution in [0.1, 0.15) is 42.1 Å². The Hall–Kier alpha value is -3.22. The van der Waals surface area contributed by atoms with Crippen LogP contribution in [0.3, 0.4) is 0 Å². The van der Waals surface area contributed by atoms with Gasteiger partial charge in [-0.1, -0.05) is 37.3 Å². The summed E-state index contributed by atoms with van der Waals surface area (Å²) in [6.07, 6.45) is -0.0555. The summed E-state index contributed by atoms with van der Waals surface area (Å²) in [6.45, 7) is 4.88. The van der Waals surface area contributed by atoms with Crippen molar-refractivity contribution in [1.29, 1.82) is 0 Å². The van der Waals surface area contributed by atoms with Gasteiger partial charge in [0, 0.05) is 12.5 Å². The molecule has 1 N–H and O–H groups in total. The van der Waals surface area contributed by atoms with Crippen LogP contribution in [0.2, 0.25) is 0 Å². The number of nitrogens with one attached hydrogen (secondary N) is 1. The van der Waals surface area contributed by atoms with E-state index in [1.54, 1.807) is 6.92 Å². The molecule has 1 aliphatic rings. The lowest BCUT2D eigenvalue weighted by atomic mass is 9.96. The molecule has 0 saturated heterocycles. The highest BCUT2D eigenvalue weighted by Crippen LogP contribution is 2.40. The van der Waals surface area contributed by atoms with Gasteiger partial charge in [0.1, 0.15) is 13.2 Å². The van der Waals surface area contributed by atoms with E-state index in [9.17, 15) is 9.59 Å². The van der Waals surface area contributed by atoms with Crippen LogP contribution in [0.25, 0.3) is 0 Å². The summed E-state index contributed by atoms with van der Waals surface area (Å²) in [5.41, 5.74) is 1.39. The second kappa shape index (κ2) is 10.0. The molecule has 2 aromatic rings. The van der Waals surface area contributed by atoms with Crippen LogP contribution in [0, 0.1) is 0 Å². The van der Waals surface area contributed by atoms with Crippen molar-refractivity contribution in [3.63, 3.8) is 0 Å². The topological polar surface area (TPSA) is 83.1 Å². The van der Waals surface area contributed by atoms with E-state index in [-0.39, 0.29) is 17.4 Å². The van der Waals surface area contributed by atoms with Crippen LogP contribution in [-0.2, 0) is 9.53 Å². The molecule has 0 saturated carbocycles. The minimum Gasteiger partial charge on any atom is -0.493 e. The number of esters is 1. The molecule has 1 aliphatic heterocycles. The van der Waals surface area contributed by atoms with Crippen LogP contribution in [-0.4, -0.2) is 44.8 Å². The molecule has 1 amide bonds. The molecule has 3 rings (SSSR count). The van der Waals surface area contributed by atoms with Crippen LogP contribution in [0.15, 0.2) is 42.5 Å². The van der Waals surface area contributed by atoms with Gasteiger partial charge in [-0.25, -0.2) is 4.79 Å². The predicted molar refractivity (Wildman–Crippen MR) is 111 cm³/mol. The molecule has 2 aromatic carbocycles. The van der Waals surface area contributed by atoms with E-state index in [1.165, 1.54) is 19.2 Å². The van der Waals surface area contributed by atoms with Gasteiger partial charge in [0.25, 0.3) is 5.91 Å². The number of carbonyl (C=O) groups is 2. The number of hydrogen-bond acceptors (Lipinski definition) is 6. The quantitative estimate of drug-likeness (QED) is 0.669. The molecular weight excluding hydrogens is 386 g/mol. The van der Waals surface area contributed by atoms with Crippen molar-refractivity contribution in [2.75, 3.05) is 26.9 Å². The van der Waals surface area contributed by atoms with E-state index in [4.69, 9.17) is 18.9 Å². The minimum atomic E-state index is -0.940. The summed E-state index contributed by atoms with van der Waals surface area (Å²) in [5.74, 6) is 0.464. The Morgan fingerprint density at radius 2 is 1.87 bits per heavy atom. The first-order chi connectivity index (χ1) is 14.5. The maximum Gasteiger partial charge on any atom is 0.339 e. The lowest BCUT2D eigenvalue weighted by molar-refractivity contribution is -0.129. The molecule has 0 spiro atoms. The third kappa shape index (κ3) is 5.03. The van der Waals surface area contributed by atoms with Crippen molar-refractivity contribution in [3.05, 3.63) is 53.6 Å². The highest BCUT2D eigenvalue weighted by molar-refractivity contribution is 5.93. The third-order valence-electron chi connectivity index (χ3n) is 5.00. The number of rotatable bonds is 8. The molecule has 0 aliphatic carbocycles. The zero-order chi connectivity index (χ0) is 21.5. The zero-order valence-corrected chi connectivity index (χ0v) is 17.5. The number of ether oxygens (including phenoxy) is 4. The van der Waals surface area contributed by atoms with E-state index in [2.05, 4.69) is 12.2 Å². The molecule has 1 heterocycles. The summed E-state index contributed by atoms with van der Waals surface area (Å²) in [6, 6.07) is 13.1. The van der Waals surface area contributed by atoms with Gasteiger partial charge in [0.05, 0.1) is 12.7 Å². The Morgan fingerprint density at radius 1 is 1.13 bits per heavy atom. The minimum absolute atomic E-state index is 0.195. The number of amides is 1. The number of hydrogen-bond donors (Lipinski definition) is 1. The fourth-order valence-electron chi connectivity index (χ4n) is 3.26. The van der Waals surface area contributed by atoms with Gasteiger partial charge < -0.3 is 24.3 Å². The average molecular weight is 413 g/mol. The first kappa shape index (κ1) is 21.5. The zero-order valence-electron chi connectivity index (χ0n) is 17.5. The Balaban J connectivity index is 1.60. The number of methoxy groups -OCH3 is 1. The van der Waals surface area contributed by atoms with Gasteiger partial charge >= 0.3 is 5.97 Å². The van der Waals surface area contributed by atoms with Crippen molar-refractivity contribution in [2.24, 2.45) is 0 Å². The molecule has 7 heteroatoms. The van der Waals surface area contributed by atoms with Gasteiger partial charge in [0.2, 0.25) is 5.75 Å². The second-order valence-corrected chi connectivity index (χ2v) is 7.01. The second-order valence-electron chi connectivity index (χ2n) is 7.01. The van der Waals surface area contributed by atoms with E-state index < -0.39 is 12.1 Å². The molecule has 0 radical (unpaired) electrons. The fraction of sp³-hybridized carbons (Fsp3) is 0.391. The van der Waals surface area contributed by atoms with Gasteiger partial charge in [-0.2, -0.15) is 0 Å². The highest BCUT2D eigenvalue weighted by Gasteiger charge is 2.24. The Labute approximate surface area is 176 Å². The average Bonchev–Trinajstić information content (AvgIpc) is 2.79. The van der Waals surface area contributed by atoms with Crippen molar-refractivity contribution < 1.29 is 28.5 Å². The number of benzene rings is 2. The first-order valence-corrected chi connectivity index (χ1v) is 10.0. The highest BCUT2D eigenvalue weighted by atomic mass is 16.6. The predicted octanol–water partition coefficient (Wildman–Crippen LogP) is 3.32. The smallest absolute Gasteiger partial charge is 0.339 e. The molecule has 2 atom stereocenters. The summed E-state index contributed by atoms with van der Waals surface area (Å²) in [5, 5.41) is 2.88. The van der Waals surface area contributed by atoms with E-state index in [0.717, 1.165) is 12.0 Å². The van der Waals surface area contributed by atoms with E-state index in [1.807, 2.05) is 30.3 Å². The van der Waals surface area contributed by atoms with Crippen LogP contribution < -0.4 is 19.5 Å². The van der Waals surface area contributed by atoms with Crippen molar-refractivity contribution in [2.45, 2.75) is 32.3 Å². The van der Waals surface area contributed by atoms with Crippen molar-refractivity contribution in [1.82, 2.24) is 5.32 Å². The summed E-state index contributed by atoms with van der Waals surface area (Å²) < 4.78 is 21.7. The third-order valence-corrected chi connectivity index (χ3v) is 5.00. The largest absolute Gasteiger partial charge is 0.493 e. The first-order valence-electron chi connectivity index (χ1n) is 10.0. The maximum atomic E-state index is 12.6. The fourth-order valence-corrected chi connectivity index (χ4v) is 3.26. The van der Waals surface area contributed by atoms with Crippen molar-refractivity contribution >= 4 is 11.9 Å². The SMILES string of the molecule is CC[C@@H](CNC(=O)[C@H](C)OC(=O)c1cc(OC)c2c(c1)OCCO2)c1ccccc1. The lowest BCUT2D eigenvalue weighted by Crippen LogP contribution is -2.38. The molecule has 160 valence electrons. The van der Waals surface area contributed by atoms with E-state index >= 15 is 0 Å². The maximum absolute atomic E-state index is 12.6. The van der Waals surface area contributed by atoms with E-state index in [0.29, 0.717) is 37.0 Å². The lowest BCUT2D eigenvalue weighted by Gasteiger charge is -2.21. The summed E-state index contributed by atoms with van der Waals surface area (Å²) in [7, 11) is 1.48. The summed E-state index contributed by atoms with van der Waals surface area (Å²) >= 11 is 0. The van der Waals surface area contributed by atoms with Crippen LogP contribution in [0.5, 0.6) is 17.2 Å². The normalized spacial score (nSPS) is 14.4. The molecule has 0 aromatic heterocycles. The monoisotopic (exact) mass is 413 g/mol. The molecule has 0 fully saturated rings. The Bertz CT molecular complexity index is 866. The Morgan fingerprint density at radius 3 is 2.57 bits per heavy atom. The van der Waals surface area contributed by atoms with Crippen molar-refractivity contribution in [3.8, 4) is 17.2 Å². The molecule has 0 unspecified atom stereocenters. The van der Waals surface area contributed by atoms with Crippen LogP contribution >= 0.6 is 0 Å². The standard InChI is InChI=1S/C23H27NO6/c1-4-16(17-8-6-5-7-9-17)14-24-22(25)15(2)30-23(26)18-12-19(27-3)21-20(13-18)28-10-11-29-21/h5-9,12-13,15-16H,4,10-11,14H2,1-3H3,(H,24,25)/t15-,16-/m0/s1. The Kier molecular flexibility index (Phi) is 7.17. The van der Waals surface area contributed by atoms with Gasteiger partial charge in [-0.3, -0.25) is 4.79 Å². The van der Waals surface area contributed by atoms with Gasteiger partial charge in [-0.05, 0) is 31.0 Å². The van der Waals surface area contributed by atoms with Gasteiger partial charge in [-0.15, -0.1) is 0 Å². The summed E-state index contributed by atoms with van der Waals surface area (Å²) in [4.78, 5) is 25.0. The van der Waals surface area contributed by atoms with Gasteiger partial charge in [0.15, 0.2) is 17.6 Å². The number of fused-ring (bicyclic) bond motifs is 1. The van der Waals surface area contributed by atoms with Crippen LogP contribution in [0.4, 0.5) is 0 Å².